The van der Waals surface area contributed by atoms with Gasteiger partial charge in [-0.1, -0.05) is 20.8 Å². The van der Waals surface area contributed by atoms with E-state index in [0.29, 0.717) is 5.92 Å². The Hall–Kier alpha value is -1.55. The lowest BCUT2D eigenvalue weighted by Crippen LogP contribution is -2.17. The number of aromatic nitrogens is 2. The normalized spacial score (nSPS) is 13.3. The Labute approximate surface area is 127 Å². The maximum absolute atomic E-state index is 6.24. The summed E-state index contributed by atoms with van der Waals surface area (Å²) in [6.45, 7) is 11.5. The van der Waals surface area contributed by atoms with E-state index in [1.54, 1.807) is 0 Å². The second-order valence-corrected chi connectivity index (χ2v) is 6.31. The van der Waals surface area contributed by atoms with Crippen LogP contribution in [0.2, 0.25) is 0 Å². The van der Waals surface area contributed by atoms with Crippen molar-refractivity contribution in [2.24, 2.45) is 11.7 Å². The summed E-state index contributed by atoms with van der Waals surface area (Å²) < 4.78 is 8.02. The van der Waals surface area contributed by atoms with Gasteiger partial charge >= 0.3 is 0 Å². The third-order valence-corrected chi connectivity index (χ3v) is 3.44. The fourth-order valence-electron chi connectivity index (χ4n) is 2.50. The van der Waals surface area contributed by atoms with Gasteiger partial charge in [0.2, 0.25) is 0 Å². The highest BCUT2D eigenvalue weighted by Crippen LogP contribution is 2.26. The zero-order valence-electron chi connectivity index (χ0n) is 13.8. The molecule has 0 aliphatic rings. The Balaban J connectivity index is 2.50. The molecule has 116 valence electrons. The molecule has 0 saturated carbocycles. The maximum Gasteiger partial charge on any atom is 0.126 e. The van der Waals surface area contributed by atoms with E-state index in [1.165, 1.54) is 0 Å². The molecular weight excluding hydrogens is 262 g/mol. The number of benzene rings is 1. The first kappa shape index (κ1) is 15.8. The highest BCUT2D eigenvalue weighted by Gasteiger charge is 2.17. The molecule has 0 amide bonds. The summed E-state index contributed by atoms with van der Waals surface area (Å²) in [5.41, 5.74) is 8.34. The van der Waals surface area contributed by atoms with Gasteiger partial charge in [-0.3, -0.25) is 0 Å². The average Bonchev–Trinajstić information content (AvgIpc) is 2.74. The first-order valence-electron chi connectivity index (χ1n) is 7.84. The van der Waals surface area contributed by atoms with Gasteiger partial charge in [-0.25, -0.2) is 4.98 Å². The van der Waals surface area contributed by atoms with Crippen LogP contribution in [0.5, 0.6) is 5.75 Å². The number of hydrogen-bond donors (Lipinski definition) is 1. The smallest absolute Gasteiger partial charge is 0.126 e. The van der Waals surface area contributed by atoms with E-state index >= 15 is 0 Å². The highest BCUT2D eigenvalue weighted by molar-refractivity contribution is 5.78. The molecule has 0 aliphatic carbocycles. The van der Waals surface area contributed by atoms with E-state index < -0.39 is 0 Å². The molecule has 0 spiro atoms. The van der Waals surface area contributed by atoms with Crippen LogP contribution in [0.4, 0.5) is 0 Å². The lowest BCUT2D eigenvalue weighted by atomic mass is 10.2. The third kappa shape index (κ3) is 3.56. The van der Waals surface area contributed by atoms with E-state index in [-0.39, 0.29) is 12.1 Å². The zero-order chi connectivity index (χ0) is 15.6. The van der Waals surface area contributed by atoms with Crippen LogP contribution >= 0.6 is 0 Å². The van der Waals surface area contributed by atoms with Gasteiger partial charge in [0.1, 0.15) is 11.6 Å². The number of hydrogen-bond acceptors (Lipinski definition) is 3. The third-order valence-electron chi connectivity index (χ3n) is 3.44. The van der Waals surface area contributed by atoms with Crippen LogP contribution in [-0.2, 0) is 6.54 Å². The summed E-state index contributed by atoms with van der Waals surface area (Å²) in [6.07, 6.45) is 1.05. The largest absolute Gasteiger partial charge is 0.491 e. The van der Waals surface area contributed by atoms with Crippen LogP contribution < -0.4 is 10.5 Å². The van der Waals surface area contributed by atoms with Gasteiger partial charge in [0, 0.05) is 12.6 Å². The van der Waals surface area contributed by atoms with Gasteiger partial charge in [0.15, 0.2) is 0 Å². The molecule has 1 aromatic heterocycles. The summed E-state index contributed by atoms with van der Waals surface area (Å²) in [4.78, 5) is 4.76. The number of nitrogens with zero attached hydrogens (tertiary/aromatic N) is 2. The van der Waals surface area contributed by atoms with Crippen LogP contribution in [0.25, 0.3) is 11.0 Å². The molecular formula is C17H27N3O. The predicted molar refractivity (Wildman–Crippen MR) is 87.6 cm³/mol. The van der Waals surface area contributed by atoms with Gasteiger partial charge in [0.25, 0.3) is 0 Å². The molecule has 0 aliphatic heterocycles. The molecule has 2 rings (SSSR count). The Morgan fingerprint density at radius 1 is 1.24 bits per heavy atom. The quantitative estimate of drug-likeness (QED) is 0.877. The lowest BCUT2D eigenvalue weighted by Gasteiger charge is -2.15. The van der Waals surface area contributed by atoms with E-state index in [9.17, 15) is 0 Å². The van der Waals surface area contributed by atoms with E-state index in [0.717, 1.165) is 35.6 Å². The van der Waals surface area contributed by atoms with Crippen LogP contribution in [-0.4, -0.2) is 15.7 Å². The van der Waals surface area contributed by atoms with Gasteiger partial charge in [-0.05, 0) is 38.3 Å². The Kier molecular flexibility index (Phi) is 4.88. The molecule has 0 fully saturated rings. The molecule has 1 heterocycles. The molecule has 4 heteroatoms. The number of imidazole rings is 1. The van der Waals surface area contributed by atoms with Crippen molar-refractivity contribution in [1.29, 1.82) is 0 Å². The Morgan fingerprint density at radius 3 is 2.52 bits per heavy atom. The molecule has 1 atom stereocenters. The number of nitrogens with two attached hydrogens (primary N) is 1. The second-order valence-electron chi connectivity index (χ2n) is 6.31. The zero-order valence-corrected chi connectivity index (χ0v) is 13.8. The number of rotatable bonds is 6. The van der Waals surface area contributed by atoms with Crippen molar-refractivity contribution in [2.75, 3.05) is 0 Å². The van der Waals surface area contributed by atoms with Gasteiger partial charge < -0.3 is 15.0 Å². The summed E-state index contributed by atoms with van der Waals surface area (Å²) in [5, 5.41) is 0. The fraction of sp³-hybridized carbons (Fsp3) is 0.588. The van der Waals surface area contributed by atoms with Gasteiger partial charge in [0.05, 0.1) is 23.2 Å². The first-order chi connectivity index (χ1) is 9.92. The molecule has 2 aromatic rings. The molecule has 0 saturated heterocycles. The molecule has 21 heavy (non-hydrogen) atoms. The minimum atomic E-state index is -0.0226. The van der Waals surface area contributed by atoms with E-state index in [4.69, 9.17) is 15.5 Å². The lowest BCUT2D eigenvalue weighted by molar-refractivity contribution is 0.242. The van der Waals surface area contributed by atoms with Crippen molar-refractivity contribution in [2.45, 2.75) is 59.7 Å². The van der Waals surface area contributed by atoms with Crippen LogP contribution in [0, 0.1) is 5.92 Å². The van der Waals surface area contributed by atoms with Crippen molar-refractivity contribution in [3.05, 3.63) is 24.0 Å². The second kappa shape index (κ2) is 6.48. The van der Waals surface area contributed by atoms with Crippen molar-refractivity contribution in [3.8, 4) is 5.75 Å². The van der Waals surface area contributed by atoms with Crippen LogP contribution in [0.15, 0.2) is 18.2 Å². The first-order valence-corrected chi connectivity index (χ1v) is 7.84. The molecule has 2 N–H and O–H groups in total. The van der Waals surface area contributed by atoms with Crippen molar-refractivity contribution >= 4 is 11.0 Å². The van der Waals surface area contributed by atoms with Crippen molar-refractivity contribution in [3.63, 3.8) is 0 Å². The Morgan fingerprint density at radius 2 is 1.95 bits per heavy atom. The van der Waals surface area contributed by atoms with Crippen molar-refractivity contribution in [1.82, 2.24) is 9.55 Å². The minimum Gasteiger partial charge on any atom is -0.491 e. The topological polar surface area (TPSA) is 53.1 Å². The SMILES string of the molecule is CCC(N)c1nc2cc(OC(C)C)ccc2n1CC(C)C. The predicted octanol–water partition coefficient (Wildman–Crippen LogP) is 3.89. The van der Waals surface area contributed by atoms with Crippen molar-refractivity contribution < 1.29 is 4.74 Å². The highest BCUT2D eigenvalue weighted by atomic mass is 16.5. The number of fused-ring (bicyclic) bond motifs is 1. The monoisotopic (exact) mass is 289 g/mol. The minimum absolute atomic E-state index is 0.0226. The molecule has 0 bridgehead atoms. The van der Waals surface area contributed by atoms with Gasteiger partial charge in [-0.15, -0.1) is 0 Å². The average molecular weight is 289 g/mol. The number of ether oxygens (including phenoxy) is 1. The van der Waals surface area contributed by atoms with Crippen LogP contribution in [0.3, 0.4) is 0 Å². The molecule has 0 radical (unpaired) electrons. The van der Waals surface area contributed by atoms with E-state index in [1.807, 2.05) is 26.0 Å². The summed E-state index contributed by atoms with van der Waals surface area (Å²) in [5.74, 6) is 2.39. The van der Waals surface area contributed by atoms with E-state index in [2.05, 4.69) is 31.4 Å². The van der Waals surface area contributed by atoms with Crippen LogP contribution in [0.1, 0.15) is 52.9 Å². The Bertz CT molecular complexity index is 601. The molecule has 4 nitrogen and oxygen atoms in total. The summed E-state index contributed by atoms with van der Waals surface area (Å²) in [7, 11) is 0. The summed E-state index contributed by atoms with van der Waals surface area (Å²) >= 11 is 0. The molecule has 1 aromatic carbocycles. The fourth-order valence-corrected chi connectivity index (χ4v) is 2.50. The molecule has 1 unspecified atom stereocenters. The standard InChI is InChI=1S/C17H27N3O/c1-6-14(18)17-19-15-9-13(21-12(4)5)7-8-16(15)20(17)10-11(2)3/h7-9,11-12,14H,6,10,18H2,1-5H3. The summed E-state index contributed by atoms with van der Waals surface area (Å²) in [6, 6.07) is 6.10. The van der Waals surface area contributed by atoms with Gasteiger partial charge in [-0.2, -0.15) is 0 Å². The maximum atomic E-state index is 6.24.